The van der Waals surface area contributed by atoms with Crippen molar-refractivity contribution >= 4 is 26.5 Å². The van der Waals surface area contributed by atoms with E-state index < -0.39 is 10.0 Å². The fraction of sp³-hybridized carbons (Fsp3) is 0.333. The molecule has 0 bridgehead atoms. The van der Waals surface area contributed by atoms with Crippen LogP contribution in [0.4, 0.5) is 5.13 Å². The molecule has 3 heterocycles. The molecule has 1 aliphatic rings. The summed E-state index contributed by atoms with van der Waals surface area (Å²) >= 11 is 1.36. The van der Waals surface area contributed by atoms with Crippen molar-refractivity contribution in [1.82, 2.24) is 20.5 Å². The van der Waals surface area contributed by atoms with Gasteiger partial charge in [0.05, 0.1) is 11.9 Å². The quantitative estimate of drug-likeness (QED) is 0.754. The summed E-state index contributed by atoms with van der Waals surface area (Å²) in [5, 5.41) is 9.71. The summed E-state index contributed by atoms with van der Waals surface area (Å²) in [7, 11) is -3.61. The number of hydrogen-bond acceptors (Lipinski definition) is 6. The maximum absolute atomic E-state index is 11.9. The summed E-state index contributed by atoms with van der Waals surface area (Å²) < 4.78 is 26.3. The maximum Gasteiger partial charge on any atom is 0.280 e. The van der Waals surface area contributed by atoms with Crippen molar-refractivity contribution in [2.24, 2.45) is 0 Å². The van der Waals surface area contributed by atoms with E-state index in [0.717, 1.165) is 30.1 Å². The second-order valence-corrected chi connectivity index (χ2v) is 6.58. The summed E-state index contributed by atoms with van der Waals surface area (Å²) in [6, 6.07) is 1.40. The Kier molecular flexibility index (Phi) is 2.80. The van der Waals surface area contributed by atoms with E-state index in [4.69, 9.17) is 0 Å². The summed E-state index contributed by atoms with van der Waals surface area (Å²) in [5.74, 6) is 0. The first-order chi connectivity index (χ1) is 8.65. The number of sulfonamides is 1. The molecular formula is C9H11N5O2S2. The van der Waals surface area contributed by atoms with Crippen molar-refractivity contribution in [3.8, 4) is 0 Å². The summed E-state index contributed by atoms with van der Waals surface area (Å²) in [5.41, 5.74) is 0.973. The number of nitrogens with zero attached hydrogens (tertiary/aromatic N) is 2. The maximum atomic E-state index is 11.9. The molecule has 7 nitrogen and oxygen atoms in total. The van der Waals surface area contributed by atoms with E-state index in [1.54, 1.807) is 0 Å². The van der Waals surface area contributed by atoms with Gasteiger partial charge in [-0.2, -0.15) is 13.5 Å². The van der Waals surface area contributed by atoms with Crippen LogP contribution < -0.4 is 10.0 Å². The molecule has 0 saturated heterocycles. The molecule has 0 unspecified atom stereocenters. The van der Waals surface area contributed by atoms with Crippen molar-refractivity contribution in [3.05, 3.63) is 22.8 Å². The van der Waals surface area contributed by atoms with Gasteiger partial charge in [-0.15, -0.1) is 0 Å². The highest BCUT2D eigenvalue weighted by Gasteiger charge is 2.20. The molecule has 2 aromatic rings. The topological polar surface area (TPSA) is 99.8 Å². The van der Waals surface area contributed by atoms with Crippen LogP contribution >= 0.6 is 11.3 Å². The van der Waals surface area contributed by atoms with Gasteiger partial charge < -0.3 is 5.32 Å². The molecule has 0 amide bonds. The standard InChI is InChI=1S/C9H11N5O2S2/c15-18(16,8-2-4-11-13-8)14-9-12-6-1-3-10-5-7(6)17-9/h2,4,10H,1,3,5H2,(H,11,13)(H,12,14). The Morgan fingerprint density at radius 3 is 3.06 bits per heavy atom. The normalized spacial score (nSPS) is 15.3. The van der Waals surface area contributed by atoms with Crippen LogP contribution in [0.15, 0.2) is 17.3 Å². The number of rotatable bonds is 3. The van der Waals surface area contributed by atoms with Gasteiger partial charge >= 0.3 is 0 Å². The molecular weight excluding hydrogens is 274 g/mol. The van der Waals surface area contributed by atoms with Gasteiger partial charge in [-0.25, -0.2) is 4.98 Å². The molecule has 3 N–H and O–H groups in total. The number of hydrogen-bond donors (Lipinski definition) is 3. The number of fused-ring (bicyclic) bond motifs is 1. The predicted molar refractivity (Wildman–Crippen MR) is 66.9 cm³/mol. The summed E-state index contributed by atoms with van der Waals surface area (Å²) in [6.45, 7) is 1.63. The van der Waals surface area contributed by atoms with Gasteiger partial charge in [0.1, 0.15) is 0 Å². The fourth-order valence-electron chi connectivity index (χ4n) is 1.73. The van der Waals surface area contributed by atoms with Crippen molar-refractivity contribution in [2.45, 2.75) is 18.0 Å². The van der Waals surface area contributed by atoms with Gasteiger partial charge in [0.25, 0.3) is 10.0 Å². The Bertz CT molecular complexity index is 623. The second kappa shape index (κ2) is 4.34. The highest BCUT2D eigenvalue weighted by molar-refractivity contribution is 7.92. The highest BCUT2D eigenvalue weighted by Crippen LogP contribution is 2.26. The largest absolute Gasteiger partial charge is 0.311 e. The van der Waals surface area contributed by atoms with Gasteiger partial charge in [-0.1, -0.05) is 11.3 Å². The molecule has 0 fully saturated rings. The van der Waals surface area contributed by atoms with Crippen LogP contribution in [0.25, 0.3) is 0 Å². The van der Waals surface area contributed by atoms with Crippen LogP contribution in [0, 0.1) is 0 Å². The van der Waals surface area contributed by atoms with E-state index in [1.165, 1.54) is 23.6 Å². The number of H-pyrrole nitrogens is 1. The molecule has 0 aromatic carbocycles. The molecule has 18 heavy (non-hydrogen) atoms. The van der Waals surface area contributed by atoms with Crippen LogP contribution in [0.1, 0.15) is 10.6 Å². The molecule has 0 atom stereocenters. The average Bonchev–Trinajstić information content (AvgIpc) is 2.96. The molecule has 96 valence electrons. The lowest BCUT2D eigenvalue weighted by Gasteiger charge is -2.09. The van der Waals surface area contributed by atoms with E-state index in [1.807, 2.05) is 0 Å². The van der Waals surface area contributed by atoms with E-state index in [0.29, 0.717) is 5.13 Å². The minimum atomic E-state index is -3.61. The first kappa shape index (κ1) is 11.6. The van der Waals surface area contributed by atoms with Gasteiger partial charge in [0, 0.05) is 24.4 Å². The molecule has 1 aliphatic heterocycles. The number of anilines is 1. The Balaban J connectivity index is 1.87. The molecule has 0 aliphatic carbocycles. The number of aromatic nitrogens is 3. The third kappa shape index (κ3) is 2.11. The number of thiazole rings is 1. The lowest BCUT2D eigenvalue weighted by atomic mass is 10.2. The van der Waals surface area contributed by atoms with E-state index in [9.17, 15) is 8.42 Å². The third-order valence-electron chi connectivity index (χ3n) is 2.59. The van der Waals surface area contributed by atoms with Gasteiger partial charge in [-0.3, -0.25) is 9.82 Å². The zero-order valence-electron chi connectivity index (χ0n) is 9.30. The summed E-state index contributed by atoms with van der Waals surface area (Å²) in [4.78, 5) is 5.39. The molecule has 0 spiro atoms. The zero-order valence-corrected chi connectivity index (χ0v) is 10.9. The Hall–Kier alpha value is -1.45. The first-order valence-electron chi connectivity index (χ1n) is 5.37. The van der Waals surface area contributed by atoms with E-state index >= 15 is 0 Å². The monoisotopic (exact) mass is 285 g/mol. The fourth-order valence-corrected chi connectivity index (χ4v) is 3.86. The van der Waals surface area contributed by atoms with Gasteiger partial charge in [-0.05, 0) is 6.07 Å². The van der Waals surface area contributed by atoms with Crippen LogP contribution in [-0.4, -0.2) is 30.1 Å². The SMILES string of the molecule is O=S(=O)(Nc1nc2c(s1)CNCC2)c1ccn[nH]1. The Morgan fingerprint density at radius 2 is 2.33 bits per heavy atom. The summed E-state index contributed by atoms with van der Waals surface area (Å²) in [6.07, 6.45) is 2.23. The second-order valence-electron chi connectivity index (χ2n) is 3.84. The van der Waals surface area contributed by atoms with Gasteiger partial charge in [0.15, 0.2) is 10.2 Å². The van der Waals surface area contributed by atoms with Gasteiger partial charge in [0.2, 0.25) is 0 Å². The van der Waals surface area contributed by atoms with Crippen molar-refractivity contribution < 1.29 is 8.42 Å². The lowest BCUT2D eigenvalue weighted by molar-refractivity contribution is 0.597. The van der Waals surface area contributed by atoms with E-state index in [2.05, 4.69) is 25.2 Å². The average molecular weight is 285 g/mol. The van der Waals surface area contributed by atoms with Crippen LogP contribution in [0.3, 0.4) is 0 Å². The van der Waals surface area contributed by atoms with Crippen LogP contribution in [0.5, 0.6) is 0 Å². The smallest absolute Gasteiger partial charge is 0.280 e. The van der Waals surface area contributed by atoms with Crippen molar-refractivity contribution in [1.29, 1.82) is 0 Å². The Morgan fingerprint density at radius 1 is 1.44 bits per heavy atom. The first-order valence-corrected chi connectivity index (χ1v) is 7.66. The predicted octanol–water partition coefficient (Wildman–Crippen LogP) is 0.313. The van der Waals surface area contributed by atoms with E-state index in [-0.39, 0.29) is 5.03 Å². The van der Waals surface area contributed by atoms with Crippen molar-refractivity contribution in [3.63, 3.8) is 0 Å². The molecule has 2 aromatic heterocycles. The molecule has 3 rings (SSSR count). The third-order valence-corrected chi connectivity index (χ3v) is 5.00. The number of aromatic amines is 1. The Labute approximate surface area is 108 Å². The zero-order chi connectivity index (χ0) is 12.6. The highest BCUT2D eigenvalue weighted by atomic mass is 32.2. The molecule has 9 heteroatoms. The van der Waals surface area contributed by atoms with Crippen molar-refractivity contribution in [2.75, 3.05) is 11.3 Å². The van der Waals surface area contributed by atoms with Crippen LogP contribution in [0.2, 0.25) is 0 Å². The lowest BCUT2D eigenvalue weighted by Crippen LogP contribution is -2.22. The van der Waals surface area contributed by atoms with Crippen LogP contribution in [-0.2, 0) is 23.0 Å². The molecule has 0 saturated carbocycles. The molecule has 0 radical (unpaired) electrons. The number of nitrogens with one attached hydrogen (secondary N) is 3. The minimum absolute atomic E-state index is 0.0359. The minimum Gasteiger partial charge on any atom is -0.311 e.